The van der Waals surface area contributed by atoms with E-state index in [1.165, 1.54) is 16.5 Å². The smallest absolute Gasteiger partial charge is 0.261 e. The Hall–Kier alpha value is -2.47. The molecule has 24 heavy (non-hydrogen) atoms. The van der Waals surface area contributed by atoms with Crippen molar-refractivity contribution >= 4 is 28.1 Å². The van der Waals surface area contributed by atoms with Gasteiger partial charge in [0.25, 0.3) is 5.56 Å². The third-order valence-electron chi connectivity index (χ3n) is 4.14. The lowest BCUT2D eigenvalue weighted by atomic mass is 10.1. The van der Waals surface area contributed by atoms with Crippen molar-refractivity contribution in [1.82, 2.24) is 14.5 Å². The number of aromatic nitrogens is 2. The Bertz CT molecular complexity index is 958. The highest BCUT2D eigenvalue weighted by Crippen LogP contribution is 2.17. The maximum absolute atomic E-state index is 12.6. The van der Waals surface area contributed by atoms with E-state index in [0.29, 0.717) is 17.4 Å². The van der Waals surface area contributed by atoms with Crippen molar-refractivity contribution in [2.45, 2.75) is 26.9 Å². The second-order valence-electron chi connectivity index (χ2n) is 5.93. The fraction of sp³-hybridized carbons (Fsp3) is 0.278. The van der Waals surface area contributed by atoms with Gasteiger partial charge in [0.15, 0.2) is 0 Å². The molecule has 3 rings (SSSR count). The first kappa shape index (κ1) is 16.4. The van der Waals surface area contributed by atoms with E-state index in [9.17, 15) is 9.59 Å². The lowest BCUT2D eigenvalue weighted by Gasteiger charge is -2.17. The van der Waals surface area contributed by atoms with E-state index in [1.807, 2.05) is 37.4 Å². The number of nitrogens with zero attached hydrogens (tertiary/aromatic N) is 3. The van der Waals surface area contributed by atoms with Gasteiger partial charge < -0.3 is 4.90 Å². The van der Waals surface area contributed by atoms with Gasteiger partial charge in [0.1, 0.15) is 6.54 Å². The van der Waals surface area contributed by atoms with Crippen molar-refractivity contribution in [3.8, 4) is 0 Å². The second kappa shape index (κ2) is 6.57. The van der Waals surface area contributed by atoms with Crippen LogP contribution in [0, 0.1) is 13.8 Å². The summed E-state index contributed by atoms with van der Waals surface area (Å²) in [5.74, 6) is -0.112. The van der Waals surface area contributed by atoms with Gasteiger partial charge in [-0.3, -0.25) is 14.2 Å². The number of benzene rings is 1. The highest BCUT2D eigenvalue weighted by Gasteiger charge is 2.14. The molecule has 0 atom stereocenters. The molecule has 0 fully saturated rings. The van der Waals surface area contributed by atoms with Gasteiger partial charge in [0.2, 0.25) is 5.91 Å². The van der Waals surface area contributed by atoms with E-state index in [-0.39, 0.29) is 18.0 Å². The zero-order chi connectivity index (χ0) is 17.3. The van der Waals surface area contributed by atoms with Crippen molar-refractivity contribution in [2.24, 2.45) is 0 Å². The van der Waals surface area contributed by atoms with Gasteiger partial charge >= 0.3 is 0 Å². The van der Waals surface area contributed by atoms with Gasteiger partial charge in [-0.1, -0.05) is 12.1 Å². The van der Waals surface area contributed by atoms with Crippen LogP contribution in [0.1, 0.15) is 16.0 Å². The fourth-order valence-electron chi connectivity index (χ4n) is 2.59. The highest BCUT2D eigenvalue weighted by atomic mass is 32.1. The molecule has 2 heterocycles. The zero-order valence-corrected chi connectivity index (χ0v) is 14.8. The molecule has 0 aliphatic carbocycles. The summed E-state index contributed by atoms with van der Waals surface area (Å²) in [4.78, 5) is 32.2. The van der Waals surface area contributed by atoms with E-state index in [1.54, 1.807) is 29.4 Å². The molecule has 0 aliphatic heterocycles. The van der Waals surface area contributed by atoms with Crippen LogP contribution in [-0.2, 0) is 17.9 Å². The summed E-state index contributed by atoms with van der Waals surface area (Å²) in [6, 6.07) is 7.54. The Labute approximate surface area is 144 Å². The Morgan fingerprint density at radius 1 is 1.25 bits per heavy atom. The number of carbonyl (C=O) groups excluding carboxylic acids is 1. The molecule has 1 aromatic carbocycles. The summed E-state index contributed by atoms with van der Waals surface area (Å²) >= 11 is 1.63. The van der Waals surface area contributed by atoms with Crippen LogP contribution in [0.4, 0.5) is 0 Å². The number of carbonyl (C=O) groups is 1. The number of hydrogen-bond acceptors (Lipinski definition) is 4. The molecule has 0 radical (unpaired) electrons. The van der Waals surface area contributed by atoms with Crippen LogP contribution in [0.3, 0.4) is 0 Å². The average molecular weight is 341 g/mol. The lowest BCUT2D eigenvalue weighted by Crippen LogP contribution is -2.33. The summed E-state index contributed by atoms with van der Waals surface area (Å²) in [6.07, 6.45) is 1.46. The Balaban J connectivity index is 1.82. The van der Waals surface area contributed by atoms with Crippen molar-refractivity contribution in [1.29, 1.82) is 0 Å². The topological polar surface area (TPSA) is 55.2 Å². The van der Waals surface area contributed by atoms with Crippen LogP contribution >= 0.6 is 11.3 Å². The van der Waals surface area contributed by atoms with Crippen molar-refractivity contribution in [3.63, 3.8) is 0 Å². The molecule has 0 saturated carbocycles. The molecule has 0 bridgehead atoms. The van der Waals surface area contributed by atoms with Gasteiger partial charge in [-0.2, -0.15) is 0 Å². The first-order valence-corrected chi connectivity index (χ1v) is 8.57. The fourth-order valence-corrected chi connectivity index (χ4v) is 3.54. The minimum Gasteiger partial charge on any atom is -0.339 e. The standard InChI is InChI=1S/C18H19N3O2S/c1-12-7-8-24-15(12)9-20(3)16(22)10-21-11-19-17-13(2)5-4-6-14(17)18(21)23/h4-8,11H,9-10H2,1-3H3. The monoisotopic (exact) mass is 341 g/mol. The lowest BCUT2D eigenvalue weighted by molar-refractivity contribution is -0.131. The largest absolute Gasteiger partial charge is 0.339 e. The van der Waals surface area contributed by atoms with Gasteiger partial charge in [0.05, 0.1) is 23.8 Å². The van der Waals surface area contributed by atoms with E-state index in [4.69, 9.17) is 0 Å². The molecule has 0 aliphatic rings. The predicted molar refractivity (Wildman–Crippen MR) is 96.3 cm³/mol. The highest BCUT2D eigenvalue weighted by molar-refractivity contribution is 7.10. The van der Waals surface area contributed by atoms with Crippen LogP contribution in [0.15, 0.2) is 40.8 Å². The Morgan fingerprint density at radius 2 is 2.04 bits per heavy atom. The van der Waals surface area contributed by atoms with Crippen LogP contribution in [-0.4, -0.2) is 27.4 Å². The maximum atomic E-state index is 12.6. The molecular formula is C18H19N3O2S. The normalized spacial score (nSPS) is 11.0. The van der Waals surface area contributed by atoms with Crippen LogP contribution in [0.5, 0.6) is 0 Å². The Morgan fingerprint density at radius 3 is 2.75 bits per heavy atom. The zero-order valence-electron chi connectivity index (χ0n) is 13.9. The number of likely N-dealkylation sites (N-methyl/N-ethyl adjacent to an activating group) is 1. The number of thiophene rings is 1. The van der Waals surface area contributed by atoms with Gasteiger partial charge in [0, 0.05) is 11.9 Å². The minimum atomic E-state index is -0.183. The molecule has 6 heteroatoms. The van der Waals surface area contributed by atoms with Crippen molar-refractivity contribution < 1.29 is 4.79 Å². The molecule has 3 aromatic rings. The number of amides is 1. The summed E-state index contributed by atoms with van der Waals surface area (Å²) in [5.41, 5.74) is 2.64. The van der Waals surface area contributed by atoms with E-state index in [0.717, 1.165) is 10.4 Å². The van der Waals surface area contributed by atoms with Crippen LogP contribution < -0.4 is 5.56 Å². The van der Waals surface area contributed by atoms with Crippen LogP contribution in [0.2, 0.25) is 0 Å². The number of fused-ring (bicyclic) bond motifs is 1. The van der Waals surface area contributed by atoms with Crippen molar-refractivity contribution in [3.05, 3.63) is 62.3 Å². The van der Waals surface area contributed by atoms with E-state index < -0.39 is 0 Å². The average Bonchev–Trinajstić information content (AvgIpc) is 2.95. The molecule has 5 nitrogen and oxygen atoms in total. The maximum Gasteiger partial charge on any atom is 0.261 e. The molecule has 0 saturated heterocycles. The van der Waals surface area contributed by atoms with Crippen molar-refractivity contribution in [2.75, 3.05) is 7.05 Å². The SMILES string of the molecule is Cc1ccsc1CN(C)C(=O)Cn1cnc2c(C)cccc2c1=O. The predicted octanol–water partition coefficient (Wildman–Crippen LogP) is 2.73. The van der Waals surface area contributed by atoms with Crippen LogP contribution in [0.25, 0.3) is 10.9 Å². The first-order chi connectivity index (χ1) is 11.5. The second-order valence-corrected chi connectivity index (χ2v) is 6.93. The first-order valence-electron chi connectivity index (χ1n) is 7.69. The molecule has 1 amide bonds. The molecule has 124 valence electrons. The number of rotatable bonds is 4. The molecule has 0 N–H and O–H groups in total. The summed E-state index contributed by atoms with van der Waals surface area (Å²) < 4.78 is 1.38. The minimum absolute atomic E-state index is 0.00334. The molecule has 0 unspecified atom stereocenters. The number of para-hydroxylation sites is 1. The van der Waals surface area contributed by atoms with E-state index in [2.05, 4.69) is 4.98 Å². The Kier molecular flexibility index (Phi) is 4.49. The third-order valence-corrected chi connectivity index (χ3v) is 5.14. The van der Waals surface area contributed by atoms with Gasteiger partial charge in [-0.15, -0.1) is 11.3 Å². The molecular weight excluding hydrogens is 322 g/mol. The quantitative estimate of drug-likeness (QED) is 0.733. The third kappa shape index (κ3) is 3.10. The number of hydrogen-bond donors (Lipinski definition) is 0. The van der Waals surface area contributed by atoms with Gasteiger partial charge in [-0.25, -0.2) is 4.98 Å². The van der Waals surface area contributed by atoms with Gasteiger partial charge in [-0.05, 0) is 42.5 Å². The number of aryl methyl sites for hydroxylation is 2. The molecule has 0 spiro atoms. The summed E-state index contributed by atoms with van der Waals surface area (Å²) in [7, 11) is 1.76. The van der Waals surface area contributed by atoms with E-state index >= 15 is 0 Å². The molecule has 2 aromatic heterocycles. The summed E-state index contributed by atoms with van der Waals surface area (Å²) in [6.45, 7) is 4.50. The summed E-state index contributed by atoms with van der Waals surface area (Å²) in [5, 5.41) is 2.56.